The van der Waals surface area contributed by atoms with Crippen molar-refractivity contribution in [1.82, 2.24) is 15.1 Å². The largest absolute Gasteiger partial charge is 0.481 e. The molecule has 0 aromatic carbocycles. The number of nitrogens with zero attached hydrogens (tertiary/aromatic N) is 2. The fourth-order valence-corrected chi connectivity index (χ4v) is 2.24. The molecule has 1 aromatic heterocycles. The molecule has 0 radical (unpaired) electrons. The number of nitrogens with one attached hydrogen (secondary N) is 1. The minimum atomic E-state index is -0.933. The number of aromatic nitrogens is 2. The Morgan fingerprint density at radius 2 is 2.15 bits per heavy atom. The van der Waals surface area contributed by atoms with E-state index in [4.69, 9.17) is 4.74 Å². The molecule has 7 heteroatoms. The molecule has 1 fully saturated rings. The number of ether oxygens (including phenoxy) is 1. The Hall–Kier alpha value is -1.89. The smallest absolute Gasteiger partial charge is 0.311 e. The second-order valence-corrected chi connectivity index (χ2v) is 5.18. The van der Waals surface area contributed by atoms with Crippen LogP contribution in [-0.2, 0) is 16.6 Å². The molecule has 1 aromatic rings. The van der Waals surface area contributed by atoms with Gasteiger partial charge in [-0.25, -0.2) is 0 Å². The highest BCUT2D eigenvalue weighted by Crippen LogP contribution is 2.30. The van der Waals surface area contributed by atoms with Crippen LogP contribution >= 0.6 is 0 Å². The standard InChI is InChI=1S/C13H19N3O4/c1-9-7-10(15-16(9)2)11(17)14-8-13(12(18)19)3-5-20-6-4-13/h7H,3-6,8H2,1-2H3,(H,14,17)(H,18,19). The quantitative estimate of drug-likeness (QED) is 0.830. The lowest BCUT2D eigenvalue weighted by Gasteiger charge is -2.32. The van der Waals surface area contributed by atoms with E-state index in [1.165, 1.54) is 0 Å². The van der Waals surface area contributed by atoms with Crippen LogP contribution in [0.5, 0.6) is 0 Å². The van der Waals surface area contributed by atoms with Gasteiger partial charge in [0.05, 0.1) is 5.41 Å². The van der Waals surface area contributed by atoms with Crippen LogP contribution < -0.4 is 5.32 Å². The predicted molar refractivity (Wildman–Crippen MR) is 70.4 cm³/mol. The van der Waals surface area contributed by atoms with E-state index in [2.05, 4.69) is 10.4 Å². The third-order valence-corrected chi connectivity index (χ3v) is 3.84. The van der Waals surface area contributed by atoms with Crippen LogP contribution in [0.1, 0.15) is 29.0 Å². The minimum absolute atomic E-state index is 0.0974. The van der Waals surface area contributed by atoms with Crippen molar-refractivity contribution in [2.45, 2.75) is 19.8 Å². The summed E-state index contributed by atoms with van der Waals surface area (Å²) in [5.41, 5.74) is 0.240. The first-order chi connectivity index (χ1) is 9.44. The third-order valence-electron chi connectivity index (χ3n) is 3.84. The van der Waals surface area contributed by atoms with Gasteiger partial charge in [-0.2, -0.15) is 5.10 Å². The van der Waals surface area contributed by atoms with Crippen LogP contribution in [0.15, 0.2) is 6.07 Å². The fourth-order valence-electron chi connectivity index (χ4n) is 2.24. The van der Waals surface area contributed by atoms with Gasteiger partial charge in [0.2, 0.25) is 0 Å². The van der Waals surface area contributed by atoms with E-state index in [1.807, 2.05) is 6.92 Å². The molecule has 7 nitrogen and oxygen atoms in total. The van der Waals surface area contributed by atoms with Crippen molar-refractivity contribution < 1.29 is 19.4 Å². The van der Waals surface area contributed by atoms with Gasteiger partial charge >= 0.3 is 5.97 Å². The van der Waals surface area contributed by atoms with Crippen molar-refractivity contribution in [3.8, 4) is 0 Å². The van der Waals surface area contributed by atoms with E-state index in [1.54, 1.807) is 17.8 Å². The number of aliphatic carboxylic acids is 1. The molecule has 0 atom stereocenters. The second-order valence-electron chi connectivity index (χ2n) is 5.18. The topological polar surface area (TPSA) is 93.5 Å². The van der Waals surface area contributed by atoms with Crippen LogP contribution in [0.25, 0.3) is 0 Å². The molecular weight excluding hydrogens is 262 g/mol. The Morgan fingerprint density at radius 1 is 1.50 bits per heavy atom. The summed E-state index contributed by atoms with van der Waals surface area (Å²) in [5.74, 6) is -1.24. The van der Waals surface area contributed by atoms with Gasteiger partial charge in [0.1, 0.15) is 5.69 Å². The maximum atomic E-state index is 12.0. The van der Waals surface area contributed by atoms with Crippen molar-refractivity contribution in [2.75, 3.05) is 19.8 Å². The number of carbonyl (C=O) groups excluding carboxylic acids is 1. The van der Waals surface area contributed by atoms with Crippen LogP contribution in [0, 0.1) is 12.3 Å². The summed E-state index contributed by atoms with van der Waals surface area (Å²) >= 11 is 0. The normalized spacial score (nSPS) is 17.7. The van der Waals surface area contributed by atoms with Gasteiger partial charge in [0.25, 0.3) is 5.91 Å². The van der Waals surface area contributed by atoms with E-state index in [9.17, 15) is 14.7 Å². The summed E-state index contributed by atoms with van der Waals surface area (Å²) < 4.78 is 6.80. The predicted octanol–water partition coefficient (Wildman–Crippen LogP) is 0.340. The van der Waals surface area contributed by atoms with Crippen LogP contribution in [0.4, 0.5) is 0 Å². The number of carbonyl (C=O) groups is 2. The molecular formula is C13H19N3O4. The zero-order chi connectivity index (χ0) is 14.8. The number of amides is 1. The molecule has 0 aliphatic carbocycles. The van der Waals surface area contributed by atoms with Gasteiger partial charge in [-0.1, -0.05) is 0 Å². The lowest BCUT2D eigenvalue weighted by atomic mass is 9.80. The average molecular weight is 281 g/mol. The number of aryl methyl sites for hydroxylation is 2. The zero-order valence-corrected chi connectivity index (χ0v) is 11.7. The van der Waals surface area contributed by atoms with E-state index in [0.717, 1.165) is 5.69 Å². The van der Waals surface area contributed by atoms with Gasteiger partial charge in [-0.3, -0.25) is 14.3 Å². The highest BCUT2D eigenvalue weighted by Gasteiger charge is 2.40. The Balaban J connectivity index is 2.02. The lowest BCUT2D eigenvalue weighted by molar-refractivity contribution is -0.154. The van der Waals surface area contributed by atoms with E-state index in [-0.39, 0.29) is 12.5 Å². The molecule has 110 valence electrons. The van der Waals surface area contributed by atoms with Crippen molar-refractivity contribution in [3.05, 3.63) is 17.5 Å². The summed E-state index contributed by atoms with van der Waals surface area (Å²) in [5, 5.41) is 16.1. The Bertz CT molecular complexity index is 498. The molecule has 2 rings (SSSR count). The van der Waals surface area contributed by atoms with Crippen LogP contribution in [0.2, 0.25) is 0 Å². The summed E-state index contributed by atoms with van der Waals surface area (Å²) in [6.07, 6.45) is 0.813. The van der Waals surface area contributed by atoms with Gasteiger partial charge < -0.3 is 15.2 Å². The van der Waals surface area contributed by atoms with E-state index >= 15 is 0 Å². The van der Waals surface area contributed by atoms with E-state index < -0.39 is 11.4 Å². The highest BCUT2D eigenvalue weighted by atomic mass is 16.5. The number of carboxylic acids is 1. The molecule has 20 heavy (non-hydrogen) atoms. The molecule has 0 spiro atoms. The lowest BCUT2D eigenvalue weighted by Crippen LogP contribution is -2.46. The van der Waals surface area contributed by atoms with Gasteiger partial charge in [-0.15, -0.1) is 0 Å². The fraction of sp³-hybridized carbons (Fsp3) is 0.615. The average Bonchev–Trinajstić information content (AvgIpc) is 2.77. The molecule has 0 saturated carbocycles. The molecule has 2 heterocycles. The number of hydrogen-bond acceptors (Lipinski definition) is 4. The highest BCUT2D eigenvalue weighted by molar-refractivity contribution is 5.92. The Morgan fingerprint density at radius 3 is 2.65 bits per heavy atom. The summed E-state index contributed by atoms with van der Waals surface area (Å²) in [4.78, 5) is 23.5. The Kier molecular flexibility index (Phi) is 4.08. The summed E-state index contributed by atoms with van der Waals surface area (Å²) in [6, 6.07) is 1.67. The SMILES string of the molecule is Cc1cc(C(=O)NCC2(C(=O)O)CCOCC2)nn1C. The minimum Gasteiger partial charge on any atom is -0.481 e. The van der Waals surface area contributed by atoms with Gasteiger partial charge in [0, 0.05) is 32.5 Å². The van der Waals surface area contributed by atoms with Gasteiger partial charge in [-0.05, 0) is 25.8 Å². The van der Waals surface area contributed by atoms with Crippen molar-refractivity contribution in [3.63, 3.8) is 0 Å². The molecule has 1 aliphatic rings. The molecule has 1 aliphatic heterocycles. The number of rotatable bonds is 4. The Labute approximate surface area is 116 Å². The first-order valence-corrected chi connectivity index (χ1v) is 6.55. The summed E-state index contributed by atoms with van der Waals surface area (Å²) in [7, 11) is 1.75. The maximum Gasteiger partial charge on any atom is 0.311 e. The molecule has 1 amide bonds. The molecule has 0 bridgehead atoms. The van der Waals surface area contributed by atoms with Crippen LogP contribution in [0.3, 0.4) is 0 Å². The van der Waals surface area contributed by atoms with Crippen molar-refractivity contribution >= 4 is 11.9 Å². The number of carboxylic acid groups (broad SMARTS) is 1. The monoisotopic (exact) mass is 281 g/mol. The van der Waals surface area contributed by atoms with Crippen molar-refractivity contribution in [1.29, 1.82) is 0 Å². The first-order valence-electron chi connectivity index (χ1n) is 6.55. The van der Waals surface area contributed by atoms with E-state index in [0.29, 0.717) is 31.7 Å². The zero-order valence-electron chi connectivity index (χ0n) is 11.7. The van der Waals surface area contributed by atoms with Crippen LogP contribution in [-0.4, -0.2) is 46.5 Å². The first kappa shape index (κ1) is 14.5. The molecule has 1 saturated heterocycles. The third kappa shape index (κ3) is 2.82. The molecule has 0 unspecified atom stereocenters. The number of hydrogen-bond donors (Lipinski definition) is 2. The maximum absolute atomic E-state index is 12.0. The van der Waals surface area contributed by atoms with Gasteiger partial charge in [0.15, 0.2) is 0 Å². The van der Waals surface area contributed by atoms with Crippen molar-refractivity contribution in [2.24, 2.45) is 12.5 Å². The molecule has 2 N–H and O–H groups in total. The summed E-state index contributed by atoms with van der Waals surface area (Å²) in [6.45, 7) is 2.76. The second kappa shape index (κ2) is 5.62.